The number of nitrogens with one attached hydrogen (secondary N) is 1. The molecule has 1 fully saturated rings. The molecule has 1 heterocycles. The Morgan fingerprint density at radius 1 is 1.39 bits per heavy atom. The lowest BCUT2D eigenvalue weighted by Crippen LogP contribution is -2.49. The van der Waals surface area contributed by atoms with Crippen molar-refractivity contribution in [2.24, 2.45) is 0 Å². The number of halogens is 3. The second kappa shape index (κ2) is 6.87. The van der Waals surface area contributed by atoms with E-state index in [9.17, 15) is 18.0 Å². The average molecular weight is 326 g/mol. The Labute approximate surface area is 132 Å². The highest BCUT2D eigenvalue weighted by atomic mass is 19.4. The second-order valence-corrected chi connectivity index (χ2v) is 5.33. The highest BCUT2D eigenvalue weighted by Gasteiger charge is 2.34. The van der Waals surface area contributed by atoms with Gasteiger partial charge in [-0.15, -0.1) is 0 Å². The lowest BCUT2D eigenvalue weighted by atomic mass is 10.1. The number of likely N-dealkylation sites (N-methyl/N-ethyl adjacent to an activating group) is 1. The molecule has 1 aromatic rings. The number of amides is 1. The molecule has 8 heteroatoms. The van der Waals surface area contributed by atoms with Gasteiger partial charge in [0.2, 0.25) is 5.91 Å². The van der Waals surface area contributed by atoms with Gasteiger partial charge in [0.25, 0.3) is 0 Å². The number of anilines is 1. The fourth-order valence-corrected chi connectivity index (χ4v) is 2.41. The highest BCUT2D eigenvalue weighted by Crippen LogP contribution is 2.34. The quantitative estimate of drug-likeness (QED) is 0.913. The molecule has 0 atom stereocenters. The first-order valence-corrected chi connectivity index (χ1v) is 7.14. The number of nitriles is 1. The summed E-state index contributed by atoms with van der Waals surface area (Å²) in [5.41, 5.74) is -1.16. The van der Waals surface area contributed by atoms with E-state index in [0.717, 1.165) is 12.1 Å². The molecule has 124 valence electrons. The molecule has 1 amide bonds. The van der Waals surface area contributed by atoms with Crippen molar-refractivity contribution < 1.29 is 18.0 Å². The van der Waals surface area contributed by atoms with E-state index in [1.54, 1.807) is 18.0 Å². The number of nitrogens with zero attached hydrogens (tertiary/aromatic N) is 3. The van der Waals surface area contributed by atoms with E-state index in [2.05, 4.69) is 5.32 Å². The van der Waals surface area contributed by atoms with Gasteiger partial charge in [-0.2, -0.15) is 18.4 Å². The molecule has 23 heavy (non-hydrogen) atoms. The molecule has 0 radical (unpaired) electrons. The van der Waals surface area contributed by atoms with Crippen LogP contribution in [0.3, 0.4) is 0 Å². The minimum atomic E-state index is -4.61. The third-order valence-electron chi connectivity index (χ3n) is 3.71. The van der Waals surface area contributed by atoms with Gasteiger partial charge in [0.1, 0.15) is 0 Å². The fourth-order valence-electron chi connectivity index (χ4n) is 2.41. The smallest absolute Gasteiger partial charge is 0.365 e. The number of piperazine rings is 1. The van der Waals surface area contributed by atoms with Gasteiger partial charge in [0, 0.05) is 38.9 Å². The number of hydrogen-bond acceptors (Lipinski definition) is 4. The van der Waals surface area contributed by atoms with Crippen molar-refractivity contribution in [2.45, 2.75) is 6.18 Å². The summed E-state index contributed by atoms with van der Waals surface area (Å²) in [6.07, 6.45) is -4.61. The van der Waals surface area contributed by atoms with Crippen molar-refractivity contribution in [3.63, 3.8) is 0 Å². The summed E-state index contributed by atoms with van der Waals surface area (Å²) in [4.78, 5) is 15.3. The fraction of sp³-hybridized carbons (Fsp3) is 0.467. The predicted molar refractivity (Wildman–Crippen MR) is 78.9 cm³/mol. The molecule has 1 N–H and O–H groups in total. The Morgan fingerprint density at radius 2 is 2.04 bits per heavy atom. The van der Waals surface area contributed by atoms with Gasteiger partial charge in [-0.25, -0.2) is 0 Å². The van der Waals surface area contributed by atoms with E-state index in [0.29, 0.717) is 26.2 Å². The maximum atomic E-state index is 13.0. The van der Waals surface area contributed by atoms with Gasteiger partial charge in [0.05, 0.1) is 23.7 Å². The zero-order valence-electron chi connectivity index (χ0n) is 12.7. The van der Waals surface area contributed by atoms with Crippen LogP contribution in [0.1, 0.15) is 11.1 Å². The Kier molecular flexibility index (Phi) is 5.11. The van der Waals surface area contributed by atoms with Crippen molar-refractivity contribution in [3.05, 3.63) is 29.3 Å². The zero-order valence-corrected chi connectivity index (χ0v) is 12.7. The number of alkyl halides is 3. The van der Waals surface area contributed by atoms with Crippen LogP contribution < -0.4 is 10.2 Å². The molecule has 0 spiro atoms. The Morgan fingerprint density at radius 3 is 2.61 bits per heavy atom. The lowest BCUT2D eigenvalue weighted by molar-refractivity contribution is -0.137. The number of carbonyl (C=O) groups is 1. The monoisotopic (exact) mass is 326 g/mol. The van der Waals surface area contributed by atoms with E-state index >= 15 is 0 Å². The average Bonchev–Trinajstić information content (AvgIpc) is 2.54. The molecule has 2 rings (SSSR count). The summed E-state index contributed by atoms with van der Waals surface area (Å²) in [5.74, 6) is -0.132. The summed E-state index contributed by atoms with van der Waals surface area (Å²) in [6, 6.07) is 4.99. The van der Waals surface area contributed by atoms with Crippen molar-refractivity contribution in [3.8, 4) is 6.07 Å². The van der Waals surface area contributed by atoms with Crippen molar-refractivity contribution >= 4 is 11.6 Å². The second-order valence-electron chi connectivity index (χ2n) is 5.33. The van der Waals surface area contributed by atoms with Crippen LogP contribution in [0, 0.1) is 11.3 Å². The zero-order chi connectivity index (χ0) is 17.0. The van der Waals surface area contributed by atoms with Crippen LogP contribution >= 0.6 is 0 Å². The summed E-state index contributed by atoms with van der Waals surface area (Å²) in [7, 11) is 1.56. The summed E-state index contributed by atoms with van der Waals surface area (Å²) in [6.45, 7) is 2.60. The van der Waals surface area contributed by atoms with Crippen LogP contribution in [-0.2, 0) is 11.0 Å². The van der Waals surface area contributed by atoms with E-state index in [1.165, 1.54) is 11.0 Å². The third kappa shape index (κ3) is 4.13. The minimum absolute atomic E-state index is 0.0107. The van der Waals surface area contributed by atoms with Crippen LogP contribution in [0.2, 0.25) is 0 Å². The normalized spacial score (nSPS) is 15.2. The molecule has 0 bridgehead atoms. The van der Waals surface area contributed by atoms with Crippen molar-refractivity contribution in [1.82, 2.24) is 10.2 Å². The Hall–Kier alpha value is -2.27. The molecule has 1 aromatic carbocycles. The molecule has 0 aromatic heterocycles. The third-order valence-corrected chi connectivity index (χ3v) is 3.71. The number of hydrogen-bond donors (Lipinski definition) is 1. The molecular weight excluding hydrogens is 309 g/mol. The first-order valence-electron chi connectivity index (χ1n) is 7.14. The minimum Gasteiger partial charge on any atom is -0.365 e. The first-order chi connectivity index (χ1) is 10.8. The van der Waals surface area contributed by atoms with Crippen molar-refractivity contribution in [2.75, 3.05) is 44.7 Å². The molecule has 5 nitrogen and oxygen atoms in total. The Balaban J connectivity index is 2.14. The van der Waals surface area contributed by atoms with Crippen LogP contribution in [0.15, 0.2) is 18.2 Å². The maximum absolute atomic E-state index is 13.0. The lowest BCUT2D eigenvalue weighted by Gasteiger charge is -2.30. The van der Waals surface area contributed by atoms with Gasteiger partial charge < -0.3 is 15.1 Å². The summed E-state index contributed by atoms with van der Waals surface area (Å²) in [5, 5.41) is 11.9. The standard InChI is InChI=1S/C15H17F3N4O/c1-21(10-14(23)22-6-4-20-5-7-22)12-3-2-11(9-19)13(8-12)15(16,17)18/h2-3,8,20H,4-7,10H2,1H3. The predicted octanol–water partition coefficient (Wildman–Crippen LogP) is 1.45. The van der Waals surface area contributed by atoms with E-state index in [-0.39, 0.29) is 18.1 Å². The Bertz CT molecular complexity index is 618. The molecular formula is C15H17F3N4O. The van der Waals surface area contributed by atoms with Crippen LogP contribution in [0.5, 0.6) is 0 Å². The number of benzene rings is 1. The molecule has 0 saturated carbocycles. The molecule has 1 saturated heterocycles. The van der Waals surface area contributed by atoms with Crippen LogP contribution in [-0.4, -0.2) is 50.6 Å². The topological polar surface area (TPSA) is 59.4 Å². The summed E-state index contributed by atoms with van der Waals surface area (Å²) < 4.78 is 38.9. The first kappa shape index (κ1) is 17.1. The van der Waals surface area contributed by atoms with Gasteiger partial charge in [-0.05, 0) is 18.2 Å². The van der Waals surface area contributed by atoms with Crippen LogP contribution in [0.25, 0.3) is 0 Å². The number of rotatable bonds is 3. The SMILES string of the molecule is CN(CC(=O)N1CCNCC1)c1ccc(C#N)c(C(F)(F)F)c1. The molecule has 0 unspecified atom stereocenters. The maximum Gasteiger partial charge on any atom is 0.417 e. The largest absolute Gasteiger partial charge is 0.417 e. The summed E-state index contributed by atoms with van der Waals surface area (Å²) >= 11 is 0. The van der Waals surface area contributed by atoms with E-state index < -0.39 is 17.3 Å². The van der Waals surface area contributed by atoms with Gasteiger partial charge in [-0.3, -0.25) is 4.79 Å². The van der Waals surface area contributed by atoms with E-state index in [1.807, 2.05) is 0 Å². The molecule has 1 aliphatic heterocycles. The van der Waals surface area contributed by atoms with Crippen molar-refractivity contribution in [1.29, 1.82) is 5.26 Å². The van der Waals surface area contributed by atoms with Gasteiger partial charge in [0.15, 0.2) is 0 Å². The van der Waals surface area contributed by atoms with Gasteiger partial charge in [-0.1, -0.05) is 0 Å². The van der Waals surface area contributed by atoms with Crippen LogP contribution in [0.4, 0.5) is 18.9 Å². The molecule has 1 aliphatic rings. The van der Waals surface area contributed by atoms with E-state index in [4.69, 9.17) is 5.26 Å². The van der Waals surface area contributed by atoms with Gasteiger partial charge >= 0.3 is 6.18 Å². The highest BCUT2D eigenvalue weighted by molar-refractivity contribution is 5.81. The number of carbonyl (C=O) groups excluding carboxylic acids is 1. The molecule has 0 aliphatic carbocycles.